The second-order valence-electron chi connectivity index (χ2n) is 8.56. The van der Waals surface area contributed by atoms with Crippen LogP contribution in [0.1, 0.15) is 38.3 Å². The highest BCUT2D eigenvalue weighted by atomic mass is 19.2. The SMILES string of the molecule is CC(C)c1nc(O[C@H]2C[C@H](C(=O)O)C2)c2cc3[nH]ncc3cc2c1-c1ccc(F)c(F)c1. The zero-order valence-corrected chi connectivity index (χ0v) is 17.5. The predicted octanol–water partition coefficient (Wildman–Crippen LogP) is 5.42. The second kappa shape index (κ2) is 7.55. The molecule has 4 aromatic rings. The van der Waals surface area contributed by atoms with E-state index in [0.29, 0.717) is 40.9 Å². The zero-order valence-electron chi connectivity index (χ0n) is 17.5. The summed E-state index contributed by atoms with van der Waals surface area (Å²) in [5.41, 5.74) is 2.71. The molecule has 1 aliphatic rings. The van der Waals surface area contributed by atoms with Crippen molar-refractivity contribution in [2.24, 2.45) is 5.92 Å². The van der Waals surface area contributed by atoms with Crippen molar-refractivity contribution in [3.8, 4) is 17.0 Å². The molecule has 0 spiro atoms. The lowest BCUT2D eigenvalue weighted by Gasteiger charge is -2.32. The Kier molecular flexibility index (Phi) is 4.80. The predicted molar refractivity (Wildman–Crippen MR) is 116 cm³/mol. The van der Waals surface area contributed by atoms with Crippen LogP contribution in [0.4, 0.5) is 8.78 Å². The summed E-state index contributed by atoms with van der Waals surface area (Å²) in [6.45, 7) is 3.95. The van der Waals surface area contributed by atoms with E-state index < -0.39 is 23.5 Å². The highest BCUT2D eigenvalue weighted by Crippen LogP contribution is 2.42. The smallest absolute Gasteiger partial charge is 0.306 e. The van der Waals surface area contributed by atoms with Gasteiger partial charge >= 0.3 is 5.97 Å². The number of carbonyl (C=O) groups is 1. The van der Waals surface area contributed by atoms with Gasteiger partial charge < -0.3 is 9.84 Å². The summed E-state index contributed by atoms with van der Waals surface area (Å²) in [5, 5.41) is 18.5. The molecule has 0 bridgehead atoms. The number of ether oxygens (including phenoxy) is 1. The first kappa shape index (κ1) is 20.4. The van der Waals surface area contributed by atoms with Gasteiger partial charge in [-0.3, -0.25) is 9.89 Å². The molecule has 0 atom stereocenters. The van der Waals surface area contributed by atoms with Crippen LogP contribution in [0.25, 0.3) is 32.8 Å². The third kappa shape index (κ3) is 3.36. The molecule has 0 unspecified atom stereocenters. The van der Waals surface area contributed by atoms with Crippen molar-refractivity contribution in [3.05, 3.63) is 53.9 Å². The Morgan fingerprint density at radius 1 is 1.16 bits per heavy atom. The number of aliphatic carboxylic acids is 1. The maximum Gasteiger partial charge on any atom is 0.306 e. The number of carboxylic acids is 1. The molecule has 0 amide bonds. The van der Waals surface area contributed by atoms with Gasteiger partial charge in [0.15, 0.2) is 11.6 Å². The van der Waals surface area contributed by atoms with E-state index in [2.05, 4.69) is 10.2 Å². The zero-order chi connectivity index (χ0) is 22.6. The number of pyridine rings is 1. The number of aromatic nitrogens is 3. The molecule has 2 heterocycles. The van der Waals surface area contributed by atoms with Crippen LogP contribution in [0.5, 0.6) is 5.88 Å². The third-order valence-corrected chi connectivity index (χ3v) is 6.03. The van der Waals surface area contributed by atoms with Gasteiger partial charge in [0.1, 0.15) is 6.10 Å². The molecule has 0 aliphatic heterocycles. The van der Waals surface area contributed by atoms with E-state index in [9.17, 15) is 13.6 Å². The van der Waals surface area contributed by atoms with Crippen molar-refractivity contribution >= 4 is 27.6 Å². The van der Waals surface area contributed by atoms with Crippen LogP contribution in [0.3, 0.4) is 0 Å². The maximum absolute atomic E-state index is 14.1. The van der Waals surface area contributed by atoms with Crippen molar-refractivity contribution in [2.75, 3.05) is 0 Å². The number of aromatic amines is 1. The van der Waals surface area contributed by atoms with Crippen LogP contribution in [-0.4, -0.2) is 32.4 Å². The fourth-order valence-corrected chi connectivity index (χ4v) is 4.22. The summed E-state index contributed by atoms with van der Waals surface area (Å²) in [6, 6.07) is 7.65. The molecule has 2 aromatic heterocycles. The van der Waals surface area contributed by atoms with Gasteiger partial charge in [-0.2, -0.15) is 5.10 Å². The number of fused-ring (bicyclic) bond motifs is 2. The highest BCUT2D eigenvalue weighted by molar-refractivity contribution is 6.06. The van der Waals surface area contributed by atoms with Gasteiger partial charge in [-0.15, -0.1) is 0 Å². The standard InChI is InChI=1S/C24H21F2N3O3/c1-11(2)22-21(12-3-4-18(25)19(26)8-12)16-7-14-10-27-29-20(14)9-17(16)23(28-22)32-15-5-13(6-15)24(30)31/h3-4,7-11,13,15H,5-6H2,1-2H3,(H,27,29)(H,30,31)/t13-,15-. The monoisotopic (exact) mass is 437 g/mol. The normalized spacial score (nSPS) is 18.3. The lowest BCUT2D eigenvalue weighted by Crippen LogP contribution is -2.38. The Morgan fingerprint density at radius 3 is 2.62 bits per heavy atom. The average molecular weight is 437 g/mol. The Bertz CT molecular complexity index is 1360. The molecule has 6 nitrogen and oxygen atoms in total. The first-order valence-corrected chi connectivity index (χ1v) is 10.5. The minimum Gasteiger partial charge on any atom is -0.481 e. The molecule has 2 N–H and O–H groups in total. The van der Waals surface area contributed by atoms with Crippen LogP contribution in [0, 0.1) is 17.6 Å². The summed E-state index contributed by atoms with van der Waals surface area (Å²) in [7, 11) is 0. The van der Waals surface area contributed by atoms with Crippen molar-refractivity contribution in [1.82, 2.24) is 15.2 Å². The first-order valence-electron chi connectivity index (χ1n) is 10.5. The summed E-state index contributed by atoms with van der Waals surface area (Å²) >= 11 is 0. The highest BCUT2D eigenvalue weighted by Gasteiger charge is 2.37. The molecule has 1 aliphatic carbocycles. The summed E-state index contributed by atoms with van der Waals surface area (Å²) in [6.07, 6.45) is 2.31. The summed E-state index contributed by atoms with van der Waals surface area (Å²) < 4.78 is 33.9. The average Bonchev–Trinajstić information content (AvgIpc) is 3.17. The van der Waals surface area contributed by atoms with Crippen molar-refractivity contribution in [3.63, 3.8) is 0 Å². The lowest BCUT2D eigenvalue weighted by molar-refractivity contribution is -0.148. The van der Waals surface area contributed by atoms with Gasteiger partial charge in [-0.1, -0.05) is 19.9 Å². The Balaban J connectivity index is 1.73. The number of carboxylic acid groups (broad SMARTS) is 1. The van der Waals surface area contributed by atoms with Crippen LogP contribution < -0.4 is 4.74 Å². The van der Waals surface area contributed by atoms with Crippen molar-refractivity contribution in [1.29, 1.82) is 0 Å². The molecular weight excluding hydrogens is 416 g/mol. The van der Waals surface area contributed by atoms with Crippen LogP contribution in [0.15, 0.2) is 36.5 Å². The van der Waals surface area contributed by atoms with Gasteiger partial charge in [-0.05, 0) is 54.0 Å². The molecule has 1 saturated carbocycles. The number of hydrogen-bond acceptors (Lipinski definition) is 4. The minimum absolute atomic E-state index is 0.0296. The number of benzene rings is 2. The summed E-state index contributed by atoms with van der Waals surface area (Å²) in [5.74, 6) is -2.69. The molecular formula is C24H21F2N3O3. The molecule has 0 radical (unpaired) electrons. The first-order chi connectivity index (χ1) is 15.3. The van der Waals surface area contributed by atoms with Crippen LogP contribution in [-0.2, 0) is 4.79 Å². The van der Waals surface area contributed by atoms with Gasteiger partial charge in [-0.25, -0.2) is 13.8 Å². The van der Waals surface area contributed by atoms with E-state index in [1.807, 2.05) is 26.0 Å². The van der Waals surface area contributed by atoms with E-state index >= 15 is 0 Å². The van der Waals surface area contributed by atoms with Gasteiger partial charge in [0.2, 0.25) is 5.88 Å². The maximum atomic E-state index is 14.1. The molecule has 1 fully saturated rings. The summed E-state index contributed by atoms with van der Waals surface area (Å²) in [4.78, 5) is 16.0. The second-order valence-corrected chi connectivity index (χ2v) is 8.56. The van der Waals surface area contributed by atoms with E-state index in [1.165, 1.54) is 6.07 Å². The lowest BCUT2D eigenvalue weighted by atomic mass is 9.82. The fourth-order valence-electron chi connectivity index (χ4n) is 4.22. The Hall–Kier alpha value is -3.55. The molecule has 164 valence electrons. The van der Waals surface area contributed by atoms with E-state index in [-0.39, 0.29) is 12.0 Å². The number of hydrogen-bond donors (Lipinski definition) is 2. The number of nitrogens with one attached hydrogen (secondary N) is 1. The molecule has 0 saturated heterocycles. The fraction of sp³-hybridized carbons (Fsp3) is 0.292. The number of rotatable bonds is 5. The van der Waals surface area contributed by atoms with E-state index in [4.69, 9.17) is 14.8 Å². The van der Waals surface area contributed by atoms with Crippen molar-refractivity contribution < 1.29 is 23.4 Å². The Labute approximate surface area is 182 Å². The molecule has 32 heavy (non-hydrogen) atoms. The molecule has 5 rings (SSSR count). The van der Waals surface area contributed by atoms with Crippen LogP contribution in [0.2, 0.25) is 0 Å². The largest absolute Gasteiger partial charge is 0.481 e. The van der Waals surface area contributed by atoms with E-state index in [1.54, 1.807) is 12.3 Å². The topological polar surface area (TPSA) is 88.1 Å². The number of halogens is 2. The quantitative estimate of drug-likeness (QED) is 0.435. The number of H-pyrrole nitrogens is 1. The third-order valence-electron chi connectivity index (χ3n) is 6.03. The van der Waals surface area contributed by atoms with Crippen LogP contribution >= 0.6 is 0 Å². The minimum atomic E-state index is -0.927. The van der Waals surface area contributed by atoms with E-state index in [0.717, 1.165) is 22.4 Å². The molecule has 8 heteroatoms. The van der Waals surface area contributed by atoms with Gasteiger partial charge in [0, 0.05) is 16.3 Å². The Morgan fingerprint density at radius 2 is 1.94 bits per heavy atom. The number of nitrogens with zero attached hydrogens (tertiary/aromatic N) is 2. The van der Waals surface area contributed by atoms with Crippen molar-refractivity contribution in [2.45, 2.75) is 38.7 Å². The molecule has 2 aromatic carbocycles. The van der Waals surface area contributed by atoms with Gasteiger partial charge in [0.05, 0.1) is 23.3 Å². The van der Waals surface area contributed by atoms with Gasteiger partial charge in [0.25, 0.3) is 0 Å².